The van der Waals surface area contributed by atoms with Crippen molar-refractivity contribution in [2.24, 2.45) is 5.73 Å². The molecule has 14 heteroatoms. The molecule has 1 aromatic carbocycles. The van der Waals surface area contributed by atoms with Crippen molar-refractivity contribution in [1.29, 1.82) is 0 Å². The van der Waals surface area contributed by atoms with Crippen LogP contribution in [-0.2, 0) is 14.6 Å². The molecular formula is C25H30N8O5S. The number of nitrogens with one attached hydrogen (secondary N) is 2. The summed E-state index contributed by atoms with van der Waals surface area (Å²) < 4.78 is 31.3. The van der Waals surface area contributed by atoms with E-state index in [0.717, 1.165) is 19.1 Å². The van der Waals surface area contributed by atoms with Crippen LogP contribution in [-0.4, -0.2) is 71.3 Å². The van der Waals surface area contributed by atoms with Crippen LogP contribution in [0.5, 0.6) is 5.75 Å². The highest BCUT2D eigenvalue weighted by Gasteiger charge is 2.24. The number of carbonyl (C=O) groups is 2. The molecule has 2 aromatic heterocycles. The zero-order chi connectivity index (χ0) is 28.3. The molecule has 1 unspecified atom stereocenters. The van der Waals surface area contributed by atoms with E-state index in [0.29, 0.717) is 30.0 Å². The summed E-state index contributed by atoms with van der Waals surface area (Å²) in [6.07, 6.45) is 8.85. The van der Waals surface area contributed by atoms with Gasteiger partial charge in [0.2, 0.25) is 11.9 Å². The average molecular weight is 555 g/mol. The van der Waals surface area contributed by atoms with Gasteiger partial charge >= 0.3 is 0 Å². The molecule has 1 saturated heterocycles. The van der Waals surface area contributed by atoms with Gasteiger partial charge < -0.3 is 26.0 Å². The molecule has 3 heterocycles. The molecule has 0 saturated carbocycles. The third-order valence-electron chi connectivity index (χ3n) is 6.33. The van der Waals surface area contributed by atoms with Crippen molar-refractivity contribution in [1.82, 2.24) is 24.6 Å². The lowest BCUT2D eigenvalue weighted by molar-refractivity contribution is -0.127. The fraction of sp³-hybridized carbons (Fsp3) is 0.320. The molecule has 39 heavy (non-hydrogen) atoms. The molecule has 2 amide bonds. The molecule has 206 valence electrons. The van der Waals surface area contributed by atoms with Crippen molar-refractivity contribution in [3.63, 3.8) is 0 Å². The first-order valence-electron chi connectivity index (χ1n) is 12.0. The van der Waals surface area contributed by atoms with E-state index in [4.69, 9.17) is 10.5 Å². The van der Waals surface area contributed by atoms with Gasteiger partial charge in [0.25, 0.3) is 5.91 Å². The monoisotopic (exact) mass is 554 g/mol. The number of hydrogen-bond acceptors (Lipinski definition) is 10. The summed E-state index contributed by atoms with van der Waals surface area (Å²) in [5.41, 5.74) is 7.15. The summed E-state index contributed by atoms with van der Waals surface area (Å²) in [6, 6.07) is 2.89. The largest absolute Gasteiger partial charge is 0.495 e. The molecular weight excluding hydrogens is 524 g/mol. The van der Waals surface area contributed by atoms with Gasteiger partial charge in [0.1, 0.15) is 17.1 Å². The van der Waals surface area contributed by atoms with Crippen molar-refractivity contribution >= 4 is 44.8 Å². The number of primary amides is 1. The number of likely N-dealkylation sites (tertiary alicyclic amines) is 1. The lowest BCUT2D eigenvalue weighted by Crippen LogP contribution is -2.39. The van der Waals surface area contributed by atoms with E-state index in [1.54, 1.807) is 28.9 Å². The maximum Gasteiger partial charge on any atom is 0.254 e. The van der Waals surface area contributed by atoms with Gasteiger partial charge in [0.05, 0.1) is 35.6 Å². The zero-order valence-electron chi connectivity index (χ0n) is 21.8. The molecule has 0 radical (unpaired) electrons. The minimum atomic E-state index is -3.47. The first kappa shape index (κ1) is 27.6. The molecule has 1 aliphatic rings. The first-order chi connectivity index (χ1) is 18.5. The number of nitrogens with zero attached hydrogens (tertiary/aromatic N) is 5. The number of aryl methyl sites for hydroxylation is 1. The molecule has 13 nitrogen and oxygen atoms in total. The van der Waals surface area contributed by atoms with E-state index in [-0.39, 0.29) is 39.9 Å². The number of piperidine rings is 1. The predicted octanol–water partition coefficient (Wildman–Crippen LogP) is 2.33. The normalized spacial score (nSPS) is 15.5. The smallest absolute Gasteiger partial charge is 0.254 e. The quantitative estimate of drug-likeness (QED) is 0.333. The Balaban J connectivity index is 1.59. The van der Waals surface area contributed by atoms with Crippen molar-refractivity contribution in [3.05, 3.63) is 54.5 Å². The lowest BCUT2D eigenvalue weighted by Gasteiger charge is -2.32. The predicted molar refractivity (Wildman–Crippen MR) is 145 cm³/mol. The maximum atomic E-state index is 12.1. The minimum absolute atomic E-state index is 0.0129. The number of nitrogens with two attached hydrogens (primary N) is 1. The Hall–Kier alpha value is -4.46. The van der Waals surface area contributed by atoms with Gasteiger partial charge in [-0.2, -0.15) is 10.1 Å². The highest BCUT2D eigenvalue weighted by atomic mass is 32.2. The Kier molecular flexibility index (Phi) is 7.85. The van der Waals surface area contributed by atoms with Gasteiger partial charge in [-0.25, -0.2) is 13.4 Å². The van der Waals surface area contributed by atoms with Crippen LogP contribution in [0.15, 0.2) is 48.3 Å². The number of ether oxygens (including phenoxy) is 1. The molecule has 4 N–H and O–H groups in total. The SMILES string of the molecule is C=CC(=O)N1CCCC(n2cc(Nc3ncc(C(N)=O)c(Nc4c(C)cc(S(C)(=O)=O)cc4OC)n3)cn2)C1. The minimum Gasteiger partial charge on any atom is -0.495 e. The molecule has 0 spiro atoms. The van der Waals surface area contributed by atoms with E-state index >= 15 is 0 Å². The average Bonchev–Trinajstić information content (AvgIpc) is 3.37. The molecule has 1 atom stereocenters. The van der Waals surface area contributed by atoms with Crippen LogP contribution in [0.4, 0.5) is 23.1 Å². The van der Waals surface area contributed by atoms with Gasteiger partial charge in [0.15, 0.2) is 9.84 Å². The van der Waals surface area contributed by atoms with Crippen LogP contribution in [0.3, 0.4) is 0 Å². The van der Waals surface area contributed by atoms with Crippen molar-refractivity contribution in [2.75, 3.05) is 37.1 Å². The number of sulfone groups is 1. The van der Waals surface area contributed by atoms with Crippen molar-refractivity contribution in [2.45, 2.75) is 30.7 Å². The van der Waals surface area contributed by atoms with Gasteiger partial charge in [0, 0.05) is 37.8 Å². The topological polar surface area (TPSA) is 174 Å². The van der Waals surface area contributed by atoms with Crippen molar-refractivity contribution < 1.29 is 22.7 Å². The Labute approximate surface area is 226 Å². The highest BCUT2D eigenvalue weighted by molar-refractivity contribution is 7.90. The molecule has 0 aliphatic carbocycles. The lowest BCUT2D eigenvalue weighted by atomic mass is 10.1. The molecule has 3 aromatic rings. The standard InChI is InChI=1S/C25H30N8O5S/c1-5-21(34)32-8-6-7-17(14-32)33-13-16(11-28-33)29-25-27-12-19(23(26)35)24(31-25)30-22-15(2)9-18(39(4,36)37)10-20(22)38-3/h5,9-13,17H,1,6-8,14H2,2-4H3,(H2,26,35)(H2,27,29,30,31). The number of rotatable bonds is 9. The van der Waals surface area contributed by atoms with Gasteiger partial charge in [-0.1, -0.05) is 6.58 Å². The maximum absolute atomic E-state index is 12.1. The van der Waals surface area contributed by atoms with Crippen molar-refractivity contribution in [3.8, 4) is 5.75 Å². The van der Waals surface area contributed by atoms with Crippen LogP contribution in [0, 0.1) is 6.92 Å². The second kappa shape index (κ2) is 11.1. The third kappa shape index (κ3) is 6.17. The number of aromatic nitrogens is 4. The number of hydrogen-bond donors (Lipinski definition) is 3. The Morgan fingerprint density at radius 1 is 1.26 bits per heavy atom. The Morgan fingerprint density at radius 2 is 2.03 bits per heavy atom. The highest BCUT2D eigenvalue weighted by Crippen LogP contribution is 2.34. The van der Waals surface area contributed by atoms with Crippen LogP contribution in [0.1, 0.15) is 34.8 Å². The Bertz CT molecular complexity index is 1540. The molecule has 1 fully saturated rings. The second-order valence-electron chi connectivity index (χ2n) is 9.15. The second-order valence-corrected chi connectivity index (χ2v) is 11.2. The Morgan fingerprint density at radius 3 is 2.69 bits per heavy atom. The number of methoxy groups -OCH3 is 1. The first-order valence-corrected chi connectivity index (χ1v) is 13.9. The van der Waals surface area contributed by atoms with E-state index in [2.05, 4.69) is 32.3 Å². The summed E-state index contributed by atoms with van der Waals surface area (Å²) in [5.74, 6) is -0.342. The van der Waals surface area contributed by atoms with E-state index < -0.39 is 15.7 Å². The van der Waals surface area contributed by atoms with Gasteiger partial charge in [-0.15, -0.1) is 0 Å². The zero-order valence-corrected chi connectivity index (χ0v) is 22.7. The number of carbonyl (C=O) groups excluding carboxylic acids is 2. The fourth-order valence-corrected chi connectivity index (χ4v) is 5.04. The van der Waals surface area contributed by atoms with Gasteiger partial charge in [-0.3, -0.25) is 14.3 Å². The summed E-state index contributed by atoms with van der Waals surface area (Å²) in [7, 11) is -2.07. The summed E-state index contributed by atoms with van der Waals surface area (Å²) in [5, 5.41) is 10.5. The molecule has 4 rings (SSSR count). The van der Waals surface area contributed by atoms with E-state index in [1.807, 2.05) is 0 Å². The molecule has 0 bridgehead atoms. The van der Waals surface area contributed by atoms with Crippen LogP contribution in [0.25, 0.3) is 0 Å². The number of benzene rings is 1. The summed E-state index contributed by atoms with van der Waals surface area (Å²) >= 11 is 0. The third-order valence-corrected chi connectivity index (χ3v) is 7.43. The van der Waals surface area contributed by atoms with Gasteiger partial charge in [-0.05, 0) is 37.5 Å². The van der Waals surface area contributed by atoms with Crippen LogP contribution >= 0.6 is 0 Å². The fourth-order valence-electron chi connectivity index (χ4n) is 4.33. The van der Waals surface area contributed by atoms with Crippen LogP contribution in [0.2, 0.25) is 0 Å². The number of anilines is 4. The summed E-state index contributed by atoms with van der Waals surface area (Å²) in [4.78, 5) is 34.6. The van der Waals surface area contributed by atoms with Crippen LogP contribution < -0.4 is 21.1 Å². The number of amides is 2. The van der Waals surface area contributed by atoms with E-state index in [9.17, 15) is 18.0 Å². The molecule has 1 aliphatic heterocycles. The van der Waals surface area contributed by atoms with E-state index in [1.165, 1.54) is 31.5 Å². The summed E-state index contributed by atoms with van der Waals surface area (Å²) in [6.45, 7) is 6.48.